The number of hydrogen-bond donors (Lipinski definition) is 0. The van der Waals surface area contributed by atoms with E-state index in [1.807, 2.05) is 6.08 Å². The summed E-state index contributed by atoms with van der Waals surface area (Å²) in [7, 11) is 0. The number of hydrogen-bond acceptors (Lipinski definition) is 2. The summed E-state index contributed by atoms with van der Waals surface area (Å²) in [6, 6.07) is 39.4. The van der Waals surface area contributed by atoms with Crippen LogP contribution in [0.4, 0.5) is 34.1 Å². The van der Waals surface area contributed by atoms with Gasteiger partial charge in [0, 0.05) is 34.1 Å². The van der Waals surface area contributed by atoms with Crippen molar-refractivity contribution in [3.63, 3.8) is 0 Å². The van der Waals surface area contributed by atoms with Crippen LogP contribution in [-0.4, -0.2) is 0 Å². The van der Waals surface area contributed by atoms with Gasteiger partial charge < -0.3 is 9.80 Å². The first kappa shape index (κ1) is 26.1. The van der Waals surface area contributed by atoms with Gasteiger partial charge in [-0.25, -0.2) is 0 Å². The van der Waals surface area contributed by atoms with Crippen molar-refractivity contribution in [1.82, 2.24) is 0 Å². The summed E-state index contributed by atoms with van der Waals surface area (Å²) in [5, 5.41) is 0. The Morgan fingerprint density at radius 2 is 0.821 bits per heavy atom. The van der Waals surface area contributed by atoms with Crippen molar-refractivity contribution in [1.29, 1.82) is 0 Å². The van der Waals surface area contributed by atoms with Gasteiger partial charge in [0.2, 0.25) is 0 Å². The van der Waals surface area contributed by atoms with E-state index in [1.54, 1.807) is 0 Å². The van der Waals surface area contributed by atoms with Crippen molar-refractivity contribution in [2.24, 2.45) is 0 Å². The van der Waals surface area contributed by atoms with Crippen molar-refractivity contribution in [2.45, 2.75) is 34.6 Å². The summed E-state index contributed by atoms with van der Waals surface area (Å²) in [4.78, 5) is 4.73. The molecule has 0 amide bonds. The van der Waals surface area contributed by atoms with Crippen LogP contribution in [0.3, 0.4) is 0 Å². The molecule has 0 saturated carbocycles. The van der Waals surface area contributed by atoms with Gasteiger partial charge in [0.05, 0.1) is 0 Å². The molecular weight excluding hydrogens is 472 g/mol. The molecule has 0 unspecified atom stereocenters. The largest absolute Gasteiger partial charge is 0.310 e. The molecule has 0 aromatic heterocycles. The highest BCUT2D eigenvalue weighted by atomic mass is 15.2. The molecule has 5 aromatic rings. The Kier molecular flexibility index (Phi) is 7.38. The predicted molar refractivity (Wildman–Crippen MR) is 170 cm³/mol. The molecule has 0 aliphatic carbocycles. The zero-order valence-electron chi connectivity index (χ0n) is 23.6. The zero-order valence-corrected chi connectivity index (χ0v) is 23.6. The van der Waals surface area contributed by atoms with Gasteiger partial charge in [-0.2, -0.15) is 0 Å². The summed E-state index contributed by atoms with van der Waals surface area (Å²) in [5.74, 6) is 0. The van der Waals surface area contributed by atoms with E-state index in [1.165, 1.54) is 33.5 Å². The third-order valence-electron chi connectivity index (χ3n) is 7.14. The van der Waals surface area contributed by atoms with E-state index in [9.17, 15) is 0 Å². The summed E-state index contributed by atoms with van der Waals surface area (Å²) in [5.41, 5.74) is 14.1. The van der Waals surface area contributed by atoms with Crippen LogP contribution in [0.1, 0.15) is 33.4 Å². The zero-order chi connectivity index (χ0) is 27.5. The number of anilines is 6. The second-order valence-electron chi connectivity index (χ2n) is 10.4. The van der Waals surface area contributed by atoms with Crippen LogP contribution < -0.4 is 9.80 Å². The second kappa shape index (κ2) is 11.0. The summed E-state index contributed by atoms with van der Waals surface area (Å²) < 4.78 is 0. The Morgan fingerprint density at radius 1 is 0.462 bits per heavy atom. The van der Waals surface area contributed by atoms with Crippen LogP contribution in [0, 0.1) is 34.6 Å². The van der Waals surface area contributed by atoms with Crippen LogP contribution in [0.15, 0.2) is 116 Å². The highest BCUT2D eigenvalue weighted by molar-refractivity contribution is 5.85. The monoisotopic (exact) mass is 508 g/mol. The Labute approximate surface area is 233 Å². The number of aryl methyl sites for hydroxylation is 5. The van der Waals surface area contributed by atoms with E-state index in [4.69, 9.17) is 0 Å². The minimum absolute atomic E-state index is 1.10. The molecule has 0 aliphatic heterocycles. The van der Waals surface area contributed by atoms with Crippen molar-refractivity contribution in [3.8, 4) is 0 Å². The fourth-order valence-electron chi connectivity index (χ4n) is 5.21. The number of nitrogens with zero attached hydrogens (tertiary/aromatic N) is 2. The third-order valence-corrected chi connectivity index (χ3v) is 7.14. The molecule has 0 heterocycles. The standard InChI is InChI=1S/C37H36N2/c1-7-31-15-11-19-35(25-31)39(34-18-10-14-28(4)22-34)37-24-29(5)36(23-30(37)6)38(32-16-8-12-26(2)20-32)33-17-9-13-27(3)21-33/h7-25H,1H2,2-6H3. The first-order chi connectivity index (χ1) is 18.8. The van der Waals surface area contributed by atoms with Crippen LogP contribution in [0.25, 0.3) is 6.08 Å². The maximum absolute atomic E-state index is 4.00. The smallest absolute Gasteiger partial charge is 0.0494 e. The average Bonchev–Trinajstić information content (AvgIpc) is 2.92. The minimum Gasteiger partial charge on any atom is -0.310 e. The molecule has 0 fully saturated rings. The van der Waals surface area contributed by atoms with Gasteiger partial charge in [-0.05, 0) is 129 Å². The molecule has 0 aliphatic rings. The Morgan fingerprint density at radius 3 is 1.18 bits per heavy atom. The van der Waals surface area contributed by atoms with E-state index in [0.29, 0.717) is 0 Å². The van der Waals surface area contributed by atoms with Gasteiger partial charge in [-0.3, -0.25) is 0 Å². The summed E-state index contributed by atoms with van der Waals surface area (Å²) in [6.45, 7) is 14.9. The molecule has 5 aromatic carbocycles. The highest BCUT2D eigenvalue weighted by Gasteiger charge is 2.20. The topological polar surface area (TPSA) is 6.48 Å². The predicted octanol–water partition coefficient (Wildman–Crippen LogP) is 10.8. The molecule has 0 atom stereocenters. The second-order valence-corrected chi connectivity index (χ2v) is 10.4. The van der Waals surface area contributed by atoms with Crippen LogP contribution >= 0.6 is 0 Å². The van der Waals surface area contributed by atoms with Gasteiger partial charge in [0.25, 0.3) is 0 Å². The lowest BCUT2D eigenvalue weighted by molar-refractivity contribution is 1.19. The maximum atomic E-state index is 4.00. The van der Waals surface area contributed by atoms with E-state index in [2.05, 4.69) is 160 Å². The molecule has 2 nitrogen and oxygen atoms in total. The maximum Gasteiger partial charge on any atom is 0.0494 e. The quantitative estimate of drug-likeness (QED) is 0.216. The summed E-state index contributed by atoms with van der Waals surface area (Å²) >= 11 is 0. The lowest BCUT2D eigenvalue weighted by Crippen LogP contribution is -2.15. The molecule has 0 radical (unpaired) electrons. The average molecular weight is 509 g/mol. The van der Waals surface area contributed by atoms with Crippen LogP contribution in [0.2, 0.25) is 0 Å². The lowest BCUT2D eigenvalue weighted by atomic mass is 10.0. The molecule has 194 valence electrons. The normalized spacial score (nSPS) is 10.8. The molecule has 2 heteroatoms. The van der Waals surface area contributed by atoms with E-state index >= 15 is 0 Å². The van der Waals surface area contributed by atoms with Crippen molar-refractivity contribution in [3.05, 3.63) is 149 Å². The molecule has 0 N–H and O–H groups in total. The lowest BCUT2D eigenvalue weighted by Gasteiger charge is -2.32. The highest BCUT2D eigenvalue weighted by Crippen LogP contribution is 2.43. The van der Waals surface area contributed by atoms with Crippen LogP contribution in [0.5, 0.6) is 0 Å². The number of rotatable bonds is 7. The Balaban J connectivity index is 1.71. The fourth-order valence-corrected chi connectivity index (χ4v) is 5.21. The summed E-state index contributed by atoms with van der Waals surface area (Å²) in [6.07, 6.45) is 1.90. The van der Waals surface area contributed by atoms with Crippen LogP contribution in [-0.2, 0) is 0 Å². The van der Waals surface area contributed by atoms with Gasteiger partial charge >= 0.3 is 0 Å². The molecule has 0 spiro atoms. The van der Waals surface area contributed by atoms with Crippen molar-refractivity contribution >= 4 is 40.2 Å². The Hall–Kier alpha value is -4.56. The van der Waals surface area contributed by atoms with Gasteiger partial charge in [0.15, 0.2) is 0 Å². The first-order valence-electron chi connectivity index (χ1n) is 13.5. The van der Waals surface area contributed by atoms with E-state index in [-0.39, 0.29) is 0 Å². The van der Waals surface area contributed by atoms with Crippen molar-refractivity contribution < 1.29 is 0 Å². The molecular formula is C37H36N2. The molecule has 5 rings (SSSR count). The van der Waals surface area contributed by atoms with Gasteiger partial charge in [-0.1, -0.05) is 61.2 Å². The van der Waals surface area contributed by atoms with E-state index < -0.39 is 0 Å². The fraction of sp³-hybridized carbons (Fsp3) is 0.135. The minimum atomic E-state index is 1.10. The SMILES string of the molecule is C=Cc1cccc(N(c2cccc(C)c2)c2cc(C)c(N(c3cccc(C)c3)c3cccc(C)c3)cc2C)c1. The molecule has 39 heavy (non-hydrogen) atoms. The van der Waals surface area contributed by atoms with Gasteiger partial charge in [-0.15, -0.1) is 0 Å². The molecule has 0 saturated heterocycles. The third kappa shape index (κ3) is 5.51. The number of benzene rings is 5. The van der Waals surface area contributed by atoms with E-state index in [0.717, 1.165) is 34.0 Å². The molecule has 0 bridgehead atoms. The van der Waals surface area contributed by atoms with Crippen molar-refractivity contribution in [2.75, 3.05) is 9.80 Å². The van der Waals surface area contributed by atoms with Gasteiger partial charge in [0.1, 0.15) is 0 Å². The Bertz CT molecular complexity index is 1600. The first-order valence-corrected chi connectivity index (χ1v) is 13.5.